The Morgan fingerprint density at radius 1 is 1.23 bits per heavy atom. The Kier molecular flexibility index (Phi) is 5.19. The smallest absolute Gasteiger partial charge is 0.408 e. The number of rotatable bonds is 6. The van der Waals surface area contributed by atoms with Gasteiger partial charge in [0, 0.05) is 18.9 Å². The molecule has 0 aliphatic rings. The van der Waals surface area contributed by atoms with E-state index in [1.807, 2.05) is 30.3 Å². The fraction of sp³-hybridized carbons (Fsp3) is 0.250. The molecule has 0 unspecified atom stereocenters. The lowest BCUT2D eigenvalue weighted by Crippen LogP contribution is -2.31. The molecular weight excluding hydrogens is 284 g/mol. The zero-order valence-electron chi connectivity index (χ0n) is 12.2. The Morgan fingerprint density at radius 2 is 1.95 bits per heavy atom. The van der Waals surface area contributed by atoms with Crippen LogP contribution in [0.15, 0.2) is 48.7 Å². The Labute approximate surface area is 128 Å². The molecule has 0 saturated carbocycles. The van der Waals surface area contributed by atoms with Crippen molar-refractivity contribution in [3.8, 4) is 0 Å². The lowest BCUT2D eigenvalue weighted by Gasteiger charge is -2.18. The zero-order chi connectivity index (χ0) is 15.9. The number of hydrogen-bond donors (Lipinski definition) is 2. The van der Waals surface area contributed by atoms with Crippen LogP contribution in [-0.2, 0) is 23.2 Å². The van der Waals surface area contributed by atoms with Crippen molar-refractivity contribution in [3.05, 3.63) is 59.9 Å². The second kappa shape index (κ2) is 7.31. The number of carboxylic acids is 1. The predicted octanol–water partition coefficient (Wildman–Crippen LogP) is 2.47. The van der Waals surface area contributed by atoms with Crippen LogP contribution in [0.3, 0.4) is 0 Å². The molecule has 1 aromatic heterocycles. The van der Waals surface area contributed by atoms with Gasteiger partial charge in [-0.05, 0) is 17.7 Å². The molecule has 0 radical (unpaired) electrons. The molecule has 0 spiro atoms. The Balaban J connectivity index is 1.96. The SMILES string of the molecule is Cn1cccc1[C@@H](CC(=O)O)NC(=O)OCc1ccccc1. The third kappa shape index (κ3) is 4.37. The summed E-state index contributed by atoms with van der Waals surface area (Å²) in [5.74, 6) is -0.991. The molecule has 0 aliphatic carbocycles. The van der Waals surface area contributed by atoms with Crippen molar-refractivity contribution < 1.29 is 19.4 Å². The number of hydrogen-bond acceptors (Lipinski definition) is 3. The number of nitrogens with one attached hydrogen (secondary N) is 1. The molecule has 2 rings (SSSR count). The topological polar surface area (TPSA) is 80.6 Å². The van der Waals surface area contributed by atoms with E-state index in [4.69, 9.17) is 9.84 Å². The van der Waals surface area contributed by atoms with E-state index in [0.717, 1.165) is 5.56 Å². The van der Waals surface area contributed by atoms with Gasteiger partial charge in [0.15, 0.2) is 0 Å². The maximum absolute atomic E-state index is 11.9. The highest BCUT2D eigenvalue weighted by Gasteiger charge is 2.20. The molecule has 1 heterocycles. The van der Waals surface area contributed by atoms with Crippen molar-refractivity contribution in [3.63, 3.8) is 0 Å². The van der Waals surface area contributed by atoms with Crippen molar-refractivity contribution >= 4 is 12.1 Å². The van der Waals surface area contributed by atoms with Gasteiger partial charge in [-0.1, -0.05) is 30.3 Å². The number of aliphatic carboxylic acids is 1. The van der Waals surface area contributed by atoms with Crippen LogP contribution in [0, 0.1) is 0 Å². The maximum Gasteiger partial charge on any atom is 0.408 e. The van der Waals surface area contributed by atoms with Gasteiger partial charge in [-0.3, -0.25) is 4.79 Å². The minimum absolute atomic E-state index is 0.138. The number of aryl methyl sites for hydroxylation is 1. The number of nitrogens with zero attached hydrogens (tertiary/aromatic N) is 1. The third-order valence-electron chi connectivity index (χ3n) is 3.22. The summed E-state index contributed by atoms with van der Waals surface area (Å²) in [6.07, 6.45) is 0.940. The van der Waals surface area contributed by atoms with Gasteiger partial charge >= 0.3 is 12.1 Å². The molecule has 2 aromatic rings. The summed E-state index contributed by atoms with van der Waals surface area (Å²) in [5.41, 5.74) is 1.57. The van der Waals surface area contributed by atoms with E-state index in [-0.39, 0.29) is 13.0 Å². The van der Waals surface area contributed by atoms with Crippen molar-refractivity contribution in [2.45, 2.75) is 19.1 Å². The summed E-state index contributed by atoms with van der Waals surface area (Å²) in [5, 5.41) is 11.6. The van der Waals surface area contributed by atoms with E-state index in [1.54, 1.807) is 29.9 Å². The van der Waals surface area contributed by atoms with Gasteiger partial charge in [-0.25, -0.2) is 4.79 Å². The van der Waals surface area contributed by atoms with Crippen LogP contribution >= 0.6 is 0 Å². The van der Waals surface area contributed by atoms with Crippen LogP contribution < -0.4 is 5.32 Å². The average Bonchev–Trinajstić information content (AvgIpc) is 2.91. The molecule has 22 heavy (non-hydrogen) atoms. The first-order chi connectivity index (χ1) is 10.6. The second-order valence-corrected chi connectivity index (χ2v) is 4.90. The first-order valence-corrected chi connectivity index (χ1v) is 6.86. The lowest BCUT2D eigenvalue weighted by atomic mass is 10.1. The number of carbonyl (C=O) groups is 2. The van der Waals surface area contributed by atoms with E-state index in [1.165, 1.54) is 0 Å². The Hall–Kier alpha value is -2.76. The number of carbonyl (C=O) groups excluding carboxylic acids is 1. The zero-order valence-corrected chi connectivity index (χ0v) is 12.2. The maximum atomic E-state index is 11.9. The number of alkyl carbamates (subject to hydrolysis) is 1. The van der Waals surface area contributed by atoms with Crippen LogP contribution in [-0.4, -0.2) is 21.7 Å². The highest BCUT2D eigenvalue weighted by atomic mass is 16.5. The molecule has 0 fully saturated rings. The molecule has 2 N–H and O–H groups in total. The first-order valence-electron chi connectivity index (χ1n) is 6.86. The molecule has 6 nitrogen and oxygen atoms in total. The normalized spacial score (nSPS) is 11.7. The molecule has 1 atom stereocenters. The summed E-state index contributed by atoms with van der Waals surface area (Å²) in [7, 11) is 1.79. The summed E-state index contributed by atoms with van der Waals surface area (Å²) in [6.45, 7) is 0.138. The molecule has 1 aromatic carbocycles. The van der Waals surface area contributed by atoms with Gasteiger partial charge in [0.1, 0.15) is 6.61 Å². The number of benzene rings is 1. The minimum atomic E-state index is -0.991. The van der Waals surface area contributed by atoms with Gasteiger partial charge in [-0.15, -0.1) is 0 Å². The molecule has 1 amide bonds. The van der Waals surface area contributed by atoms with Gasteiger partial charge < -0.3 is 19.7 Å². The fourth-order valence-electron chi connectivity index (χ4n) is 2.15. The van der Waals surface area contributed by atoms with Gasteiger partial charge in [-0.2, -0.15) is 0 Å². The van der Waals surface area contributed by atoms with Gasteiger partial charge in [0.2, 0.25) is 0 Å². The van der Waals surface area contributed by atoms with E-state index >= 15 is 0 Å². The number of amides is 1. The summed E-state index contributed by atoms with van der Waals surface area (Å²) in [6, 6.07) is 12.2. The number of carboxylic acid groups (broad SMARTS) is 1. The van der Waals surface area contributed by atoms with E-state index in [2.05, 4.69) is 5.32 Å². The van der Waals surface area contributed by atoms with E-state index in [9.17, 15) is 9.59 Å². The van der Waals surface area contributed by atoms with Crippen LogP contribution in [0.1, 0.15) is 23.7 Å². The number of ether oxygens (including phenoxy) is 1. The lowest BCUT2D eigenvalue weighted by molar-refractivity contribution is -0.137. The summed E-state index contributed by atoms with van der Waals surface area (Å²) >= 11 is 0. The Morgan fingerprint density at radius 3 is 2.55 bits per heavy atom. The van der Waals surface area contributed by atoms with Crippen molar-refractivity contribution in [1.82, 2.24) is 9.88 Å². The minimum Gasteiger partial charge on any atom is -0.481 e. The number of aromatic nitrogens is 1. The predicted molar refractivity (Wildman–Crippen MR) is 80.2 cm³/mol. The van der Waals surface area contributed by atoms with Crippen LogP contribution in [0.5, 0.6) is 0 Å². The van der Waals surface area contributed by atoms with Gasteiger partial charge in [0.05, 0.1) is 12.5 Å². The van der Waals surface area contributed by atoms with Crippen molar-refractivity contribution in [1.29, 1.82) is 0 Å². The van der Waals surface area contributed by atoms with Crippen molar-refractivity contribution in [2.24, 2.45) is 7.05 Å². The van der Waals surface area contributed by atoms with Gasteiger partial charge in [0.25, 0.3) is 0 Å². The molecular formula is C16H18N2O4. The standard InChI is InChI=1S/C16H18N2O4/c1-18-9-5-8-14(18)13(10-15(19)20)17-16(21)22-11-12-6-3-2-4-7-12/h2-9,13H,10-11H2,1H3,(H,17,21)(H,19,20)/t13-/m1/s1. The van der Waals surface area contributed by atoms with Crippen LogP contribution in [0.2, 0.25) is 0 Å². The Bertz CT molecular complexity index is 637. The first kappa shape index (κ1) is 15.6. The molecule has 0 aliphatic heterocycles. The highest BCUT2D eigenvalue weighted by Crippen LogP contribution is 2.17. The molecule has 0 saturated heterocycles. The van der Waals surface area contributed by atoms with Crippen LogP contribution in [0.4, 0.5) is 4.79 Å². The average molecular weight is 302 g/mol. The van der Waals surface area contributed by atoms with Crippen LogP contribution in [0.25, 0.3) is 0 Å². The third-order valence-corrected chi connectivity index (χ3v) is 3.22. The fourth-order valence-corrected chi connectivity index (χ4v) is 2.15. The van der Waals surface area contributed by atoms with Crippen molar-refractivity contribution in [2.75, 3.05) is 0 Å². The highest BCUT2D eigenvalue weighted by molar-refractivity contribution is 5.71. The quantitative estimate of drug-likeness (QED) is 0.859. The summed E-state index contributed by atoms with van der Waals surface area (Å²) in [4.78, 5) is 22.9. The van der Waals surface area contributed by atoms with E-state index < -0.39 is 18.1 Å². The second-order valence-electron chi connectivity index (χ2n) is 4.90. The van der Waals surface area contributed by atoms with E-state index in [0.29, 0.717) is 5.69 Å². The monoisotopic (exact) mass is 302 g/mol. The molecule has 6 heteroatoms. The molecule has 116 valence electrons. The summed E-state index contributed by atoms with van der Waals surface area (Å²) < 4.78 is 6.89. The molecule has 0 bridgehead atoms. The largest absolute Gasteiger partial charge is 0.481 e.